The molecule has 0 atom stereocenters. The van der Waals surface area contributed by atoms with Gasteiger partial charge >= 0.3 is 4.87 Å². The van der Waals surface area contributed by atoms with Gasteiger partial charge in [0.1, 0.15) is 10.6 Å². The van der Waals surface area contributed by atoms with E-state index in [0.717, 1.165) is 28.2 Å². The molecular weight excluding hydrogens is 360 g/mol. The van der Waals surface area contributed by atoms with Crippen molar-refractivity contribution in [3.05, 3.63) is 85.5 Å². The molecule has 0 saturated heterocycles. The third-order valence-corrected chi connectivity index (χ3v) is 5.50. The summed E-state index contributed by atoms with van der Waals surface area (Å²) in [7, 11) is 1.61. The summed E-state index contributed by atoms with van der Waals surface area (Å²) in [4.78, 5) is 25.3. The van der Waals surface area contributed by atoms with Crippen LogP contribution in [0.25, 0.3) is 0 Å². The lowest BCUT2D eigenvalue weighted by molar-refractivity contribution is 0.0954. The van der Waals surface area contributed by atoms with E-state index in [4.69, 9.17) is 4.74 Å². The van der Waals surface area contributed by atoms with Gasteiger partial charge in [0.15, 0.2) is 0 Å². The van der Waals surface area contributed by atoms with E-state index in [0.29, 0.717) is 23.7 Å². The number of carbonyl (C=O) groups is 1. The van der Waals surface area contributed by atoms with E-state index in [1.807, 2.05) is 62.4 Å². The molecule has 0 radical (unpaired) electrons. The minimum atomic E-state index is -0.229. The second kappa shape index (κ2) is 8.22. The van der Waals surface area contributed by atoms with Gasteiger partial charge in [0.2, 0.25) is 0 Å². The topological polar surface area (TPSA) is 60.3 Å². The Morgan fingerprint density at radius 3 is 2.30 bits per heavy atom. The third kappa shape index (κ3) is 4.46. The number of nitrogens with zero attached hydrogens (tertiary/aromatic N) is 1. The maximum absolute atomic E-state index is 12.5. The molecule has 0 aliphatic carbocycles. The quantitative estimate of drug-likeness (QED) is 0.710. The van der Waals surface area contributed by atoms with Crippen molar-refractivity contribution < 1.29 is 9.53 Å². The molecule has 0 saturated carbocycles. The third-order valence-electron chi connectivity index (χ3n) is 4.42. The molecule has 1 aromatic heterocycles. The van der Waals surface area contributed by atoms with E-state index in [-0.39, 0.29) is 10.8 Å². The number of ether oxygens (including phenoxy) is 1. The summed E-state index contributed by atoms with van der Waals surface area (Å²) in [5, 5.41) is 2.88. The number of thiazole rings is 1. The second-order valence-corrected chi connectivity index (χ2v) is 7.35. The number of aryl methyl sites for hydroxylation is 1. The number of rotatable bonds is 6. The van der Waals surface area contributed by atoms with Crippen molar-refractivity contribution in [2.75, 3.05) is 7.11 Å². The van der Waals surface area contributed by atoms with Crippen molar-refractivity contribution >= 4 is 17.2 Å². The second-order valence-electron chi connectivity index (χ2n) is 6.38. The highest BCUT2D eigenvalue weighted by molar-refractivity contribution is 7.11. The standard InChI is InChI=1S/C21H22N2O3S/c1-14-4-6-17(7-5-14)13-23-15(2)19(27-21(23)25)20(24)22-12-16-8-10-18(26-3)11-9-16/h4-11H,12-13H2,1-3H3,(H,22,24). The first-order valence-electron chi connectivity index (χ1n) is 8.65. The molecule has 0 aliphatic heterocycles. The van der Waals surface area contributed by atoms with Crippen molar-refractivity contribution in [2.24, 2.45) is 0 Å². The zero-order valence-corrected chi connectivity index (χ0v) is 16.4. The molecule has 0 unspecified atom stereocenters. The molecule has 3 rings (SSSR count). The van der Waals surface area contributed by atoms with Crippen molar-refractivity contribution in [1.82, 2.24) is 9.88 Å². The van der Waals surface area contributed by atoms with E-state index >= 15 is 0 Å². The Labute approximate surface area is 162 Å². The van der Waals surface area contributed by atoms with Gasteiger partial charge in [0.25, 0.3) is 5.91 Å². The maximum atomic E-state index is 12.5. The van der Waals surface area contributed by atoms with Gasteiger partial charge in [-0.15, -0.1) is 0 Å². The molecule has 0 aliphatic rings. The molecule has 27 heavy (non-hydrogen) atoms. The van der Waals surface area contributed by atoms with E-state index in [2.05, 4.69) is 5.32 Å². The molecule has 0 bridgehead atoms. The molecule has 1 N–H and O–H groups in total. The molecule has 6 heteroatoms. The smallest absolute Gasteiger partial charge is 0.308 e. The molecule has 0 spiro atoms. The molecule has 5 nitrogen and oxygen atoms in total. The average Bonchev–Trinajstić information content (AvgIpc) is 2.96. The highest BCUT2D eigenvalue weighted by atomic mass is 32.1. The van der Waals surface area contributed by atoms with Crippen LogP contribution in [0.3, 0.4) is 0 Å². The summed E-state index contributed by atoms with van der Waals surface area (Å²) < 4.78 is 6.78. The van der Waals surface area contributed by atoms with Gasteiger partial charge in [0, 0.05) is 12.2 Å². The van der Waals surface area contributed by atoms with Gasteiger partial charge in [-0.1, -0.05) is 53.3 Å². The number of carbonyl (C=O) groups excluding carboxylic acids is 1. The Kier molecular flexibility index (Phi) is 5.76. The predicted octanol–water partition coefficient (Wildman–Crippen LogP) is 3.51. The van der Waals surface area contributed by atoms with Crippen LogP contribution in [0.2, 0.25) is 0 Å². The van der Waals surface area contributed by atoms with Crippen molar-refractivity contribution in [2.45, 2.75) is 26.9 Å². The highest BCUT2D eigenvalue weighted by Crippen LogP contribution is 2.15. The van der Waals surface area contributed by atoms with E-state index in [9.17, 15) is 9.59 Å². The lowest BCUT2D eigenvalue weighted by Crippen LogP contribution is -2.23. The maximum Gasteiger partial charge on any atom is 0.308 e. The number of aromatic nitrogens is 1. The minimum absolute atomic E-state index is 0.123. The van der Waals surface area contributed by atoms with E-state index < -0.39 is 0 Å². The first-order valence-corrected chi connectivity index (χ1v) is 9.46. The SMILES string of the molecule is COc1ccc(CNC(=O)c2sc(=O)n(Cc3ccc(C)cc3)c2C)cc1. The van der Waals surface area contributed by atoms with Gasteiger partial charge in [0.05, 0.1) is 13.7 Å². The molecule has 1 heterocycles. The summed E-state index contributed by atoms with van der Waals surface area (Å²) in [6.07, 6.45) is 0. The van der Waals surface area contributed by atoms with Crippen LogP contribution in [-0.4, -0.2) is 17.6 Å². The summed E-state index contributed by atoms with van der Waals surface area (Å²) >= 11 is 0.988. The van der Waals surface area contributed by atoms with Crippen molar-refractivity contribution in [1.29, 1.82) is 0 Å². The molecular formula is C21H22N2O3S. The van der Waals surface area contributed by atoms with Crippen LogP contribution < -0.4 is 14.9 Å². The van der Waals surface area contributed by atoms with Crippen LogP contribution in [0.15, 0.2) is 53.3 Å². The fourth-order valence-electron chi connectivity index (χ4n) is 2.75. The summed E-state index contributed by atoms with van der Waals surface area (Å²) in [6, 6.07) is 15.5. The van der Waals surface area contributed by atoms with Gasteiger partial charge in [-0.25, -0.2) is 0 Å². The molecule has 1 amide bonds. The van der Waals surface area contributed by atoms with Crippen LogP contribution in [0, 0.1) is 13.8 Å². The van der Waals surface area contributed by atoms with Crippen LogP contribution in [-0.2, 0) is 13.1 Å². The zero-order valence-electron chi connectivity index (χ0n) is 15.6. The molecule has 3 aromatic rings. The minimum Gasteiger partial charge on any atom is -0.497 e. The number of methoxy groups -OCH3 is 1. The van der Waals surface area contributed by atoms with Crippen LogP contribution in [0.4, 0.5) is 0 Å². The number of hydrogen-bond acceptors (Lipinski definition) is 4. The summed E-state index contributed by atoms with van der Waals surface area (Å²) in [6.45, 7) is 4.70. The fourth-order valence-corrected chi connectivity index (χ4v) is 3.66. The normalized spacial score (nSPS) is 10.6. The Bertz CT molecular complexity index is 986. The van der Waals surface area contributed by atoms with Crippen LogP contribution in [0.5, 0.6) is 5.75 Å². The van der Waals surface area contributed by atoms with Gasteiger partial charge in [-0.3, -0.25) is 14.2 Å². The van der Waals surface area contributed by atoms with Gasteiger partial charge in [-0.05, 0) is 37.1 Å². The van der Waals surface area contributed by atoms with Gasteiger partial charge < -0.3 is 10.1 Å². The molecule has 0 fully saturated rings. The first-order chi connectivity index (χ1) is 13.0. The number of benzene rings is 2. The molecule has 140 valence electrons. The van der Waals surface area contributed by atoms with E-state index in [1.165, 1.54) is 5.56 Å². The van der Waals surface area contributed by atoms with Crippen molar-refractivity contribution in [3.63, 3.8) is 0 Å². The fraction of sp³-hybridized carbons (Fsp3) is 0.238. The lowest BCUT2D eigenvalue weighted by atomic mass is 10.1. The molecule has 2 aromatic carbocycles. The lowest BCUT2D eigenvalue weighted by Gasteiger charge is -2.08. The Balaban J connectivity index is 1.71. The number of hydrogen-bond donors (Lipinski definition) is 1. The monoisotopic (exact) mass is 382 g/mol. The largest absolute Gasteiger partial charge is 0.497 e. The Hall–Kier alpha value is -2.86. The van der Waals surface area contributed by atoms with E-state index in [1.54, 1.807) is 11.7 Å². The van der Waals surface area contributed by atoms with Crippen LogP contribution in [0.1, 0.15) is 32.1 Å². The Morgan fingerprint density at radius 1 is 1.04 bits per heavy atom. The zero-order chi connectivity index (χ0) is 19.4. The highest BCUT2D eigenvalue weighted by Gasteiger charge is 2.17. The first kappa shape index (κ1) is 18.9. The van der Waals surface area contributed by atoms with Gasteiger partial charge in [-0.2, -0.15) is 0 Å². The number of amides is 1. The van der Waals surface area contributed by atoms with Crippen molar-refractivity contribution in [3.8, 4) is 5.75 Å². The number of nitrogens with one attached hydrogen (secondary N) is 1. The Morgan fingerprint density at radius 2 is 1.67 bits per heavy atom. The summed E-state index contributed by atoms with van der Waals surface area (Å²) in [5.74, 6) is 0.542. The average molecular weight is 382 g/mol. The summed E-state index contributed by atoms with van der Waals surface area (Å²) in [5.41, 5.74) is 3.87. The predicted molar refractivity (Wildman–Crippen MR) is 108 cm³/mol. The van der Waals surface area contributed by atoms with Crippen LogP contribution >= 0.6 is 11.3 Å².